The molecule has 2 N–H and O–H groups in total. The average molecular weight is 218 g/mol. The maximum atomic E-state index is 11.0. The summed E-state index contributed by atoms with van der Waals surface area (Å²) in [7, 11) is 1.75. The van der Waals surface area contributed by atoms with Gasteiger partial charge in [-0.1, -0.05) is 11.6 Å². The van der Waals surface area contributed by atoms with E-state index in [4.69, 9.17) is 16.7 Å². The molecule has 0 saturated heterocycles. The van der Waals surface area contributed by atoms with E-state index in [0.717, 1.165) is 0 Å². The van der Waals surface area contributed by atoms with E-state index in [-0.39, 0.29) is 17.8 Å². The lowest BCUT2D eigenvalue weighted by atomic mass is 10.3. The minimum atomic E-state index is -0.496. The third-order valence-electron chi connectivity index (χ3n) is 2.00. The van der Waals surface area contributed by atoms with Gasteiger partial charge in [0.15, 0.2) is 0 Å². The van der Waals surface area contributed by atoms with Gasteiger partial charge in [-0.05, 0) is 6.92 Å². The lowest BCUT2D eigenvalue weighted by molar-refractivity contribution is 0.269. The monoisotopic (exact) mass is 217 g/mol. The molecule has 14 heavy (non-hydrogen) atoms. The molecule has 0 spiro atoms. The first kappa shape index (κ1) is 11.0. The highest BCUT2D eigenvalue weighted by atomic mass is 35.5. The van der Waals surface area contributed by atoms with Crippen LogP contribution in [0.15, 0.2) is 10.9 Å². The van der Waals surface area contributed by atoms with Gasteiger partial charge in [0.2, 0.25) is 0 Å². The number of aromatic nitrogens is 2. The molecule has 6 heteroatoms. The summed E-state index contributed by atoms with van der Waals surface area (Å²) in [6.07, 6.45) is 0. The summed E-state index contributed by atoms with van der Waals surface area (Å²) in [5, 5.41) is 9.06. The molecule has 0 amide bonds. The van der Waals surface area contributed by atoms with E-state index in [9.17, 15) is 4.79 Å². The number of nitrogens with one attached hydrogen (secondary N) is 1. The van der Waals surface area contributed by atoms with Crippen LogP contribution in [0.5, 0.6) is 0 Å². The van der Waals surface area contributed by atoms with Crippen molar-refractivity contribution in [2.24, 2.45) is 0 Å². The Morgan fingerprint density at radius 3 is 2.93 bits per heavy atom. The van der Waals surface area contributed by atoms with Gasteiger partial charge < -0.3 is 10.0 Å². The molecular weight excluding hydrogens is 206 g/mol. The van der Waals surface area contributed by atoms with Gasteiger partial charge in [-0.25, -0.2) is 4.79 Å². The Kier molecular flexibility index (Phi) is 3.49. The zero-order valence-electron chi connectivity index (χ0n) is 7.99. The summed E-state index contributed by atoms with van der Waals surface area (Å²) in [6, 6.07) is 1.44. The molecule has 0 aliphatic carbocycles. The Hall–Kier alpha value is -1.07. The Labute approximate surface area is 86.3 Å². The molecule has 0 aromatic carbocycles. The Morgan fingerprint density at radius 2 is 2.43 bits per heavy atom. The molecule has 1 unspecified atom stereocenters. The summed E-state index contributed by atoms with van der Waals surface area (Å²) >= 11 is 5.62. The van der Waals surface area contributed by atoms with Crippen molar-refractivity contribution >= 4 is 17.4 Å². The largest absolute Gasteiger partial charge is 0.394 e. The zero-order valence-corrected chi connectivity index (χ0v) is 8.75. The topological polar surface area (TPSA) is 69.2 Å². The highest BCUT2D eigenvalue weighted by molar-refractivity contribution is 6.29. The van der Waals surface area contributed by atoms with Crippen LogP contribution in [-0.2, 0) is 0 Å². The third kappa shape index (κ3) is 2.46. The minimum Gasteiger partial charge on any atom is -0.394 e. The molecule has 0 aliphatic heterocycles. The normalized spacial score (nSPS) is 12.6. The van der Waals surface area contributed by atoms with E-state index in [1.165, 1.54) is 6.07 Å². The summed E-state index contributed by atoms with van der Waals surface area (Å²) in [6.45, 7) is 1.82. The smallest absolute Gasteiger partial charge is 0.347 e. The Bertz CT molecular complexity index is 366. The van der Waals surface area contributed by atoms with Crippen LogP contribution in [0.1, 0.15) is 6.92 Å². The van der Waals surface area contributed by atoms with Gasteiger partial charge in [-0.2, -0.15) is 4.98 Å². The molecule has 1 atom stereocenters. The van der Waals surface area contributed by atoms with E-state index in [1.807, 2.05) is 6.92 Å². The first-order valence-corrected chi connectivity index (χ1v) is 4.53. The highest BCUT2D eigenvalue weighted by Crippen LogP contribution is 2.12. The molecule has 1 rings (SSSR count). The fraction of sp³-hybridized carbons (Fsp3) is 0.500. The van der Waals surface area contributed by atoms with Crippen LogP contribution in [0.3, 0.4) is 0 Å². The van der Waals surface area contributed by atoms with E-state index in [1.54, 1.807) is 11.9 Å². The maximum Gasteiger partial charge on any atom is 0.347 e. The maximum absolute atomic E-state index is 11.0. The van der Waals surface area contributed by atoms with Crippen LogP contribution in [-0.4, -0.2) is 34.8 Å². The first-order chi connectivity index (χ1) is 6.54. The van der Waals surface area contributed by atoms with Gasteiger partial charge >= 0.3 is 5.69 Å². The third-order valence-corrected chi connectivity index (χ3v) is 2.20. The first-order valence-electron chi connectivity index (χ1n) is 4.15. The van der Waals surface area contributed by atoms with Crippen molar-refractivity contribution in [2.75, 3.05) is 18.6 Å². The number of likely N-dealkylation sites (N-methyl/N-ethyl adjacent to an activating group) is 1. The summed E-state index contributed by atoms with van der Waals surface area (Å²) in [4.78, 5) is 18.7. The molecular formula is C8H12ClN3O2. The van der Waals surface area contributed by atoms with Gasteiger partial charge in [0.25, 0.3) is 0 Å². The standard InChI is InChI=1S/C8H12ClN3O2/c1-5(4-13)12(2)7-3-6(9)10-8(14)11-7/h3,5,13H,4H2,1-2H3,(H,10,11,14). The van der Waals surface area contributed by atoms with Crippen LogP contribution in [0.4, 0.5) is 5.82 Å². The minimum absolute atomic E-state index is 0.00152. The van der Waals surface area contributed by atoms with Crippen LogP contribution < -0.4 is 10.6 Å². The lowest BCUT2D eigenvalue weighted by Gasteiger charge is -2.24. The van der Waals surface area contributed by atoms with Crippen LogP contribution in [0.25, 0.3) is 0 Å². The SMILES string of the molecule is CC(CO)N(C)c1cc(Cl)nc(=O)[nH]1. The predicted molar refractivity (Wildman–Crippen MR) is 54.8 cm³/mol. The van der Waals surface area contributed by atoms with E-state index < -0.39 is 5.69 Å². The number of hydrogen-bond donors (Lipinski definition) is 2. The highest BCUT2D eigenvalue weighted by Gasteiger charge is 2.10. The van der Waals surface area contributed by atoms with Crippen molar-refractivity contribution in [1.82, 2.24) is 9.97 Å². The number of rotatable bonds is 3. The van der Waals surface area contributed by atoms with Crippen LogP contribution in [0, 0.1) is 0 Å². The summed E-state index contributed by atoms with van der Waals surface area (Å²) in [5.41, 5.74) is -0.496. The molecule has 0 fully saturated rings. The molecule has 0 radical (unpaired) electrons. The molecule has 1 aromatic heterocycles. The zero-order chi connectivity index (χ0) is 10.7. The number of nitrogens with zero attached hydrogens (tertiary/aromatic N) is 2. The second-order valence-electron chi connectivity index (χ2n) is 3.04. The van der Waals surface area contributed by atoms with Crippen molar-refractivity contribution in [1.29, 1.82) is 0 Å². The Balaban J connectivity index is 3.00. The molecule has 0 saturated carbocycles. The van der Waals surface area contributed by atoms with Gasteiger partial charge in [0, 0.05) is 13.1 Å². The van der Waals surface area contributed by atoms with Crippen LogP contribution in [0.2, 0.25) is 5.15 Å². The number of halogens is 1. The van der Waals surface area contributed by atoms with Crippen molar-refractivity contribution in [3.05, 3.63) is 21.7 Å². The summed E-state index contributed by atoms with van der Waals surface area (Å²) < 4.78 is 0. The van der Waals surface area contributed by atoms with Crippen molar-refractivity contribution in [2.45, 2.75) is 13.0 Å². The summed E-state index contributed by atoms with van der Waals surface area (Å²) in [5.74, 6) is 0.538. The molecule has 78 valence electrons. The Morgan fingerprint density at radius 1 is 1.79 bits per heavy atom. The quantitative estimate of drug-likeness (QED) is 0.712. The average Bonchev–Trinajstić information content (AvgIpc) is 2.14. The molecule has 1 aromatic rings. The fourth-order valence-electron chi connectivity index (χ4n) is 0.966. The number of anilines is 1. The number of H-pyrrole nitrogens is 1. The van der Waals surface area contributed by atoms with Crippen LogP contribution >= 0.6 is 11.6 Å². The van der Waals surface area contributed by atoms with E-state index in [0.29, 0.717) is 5.82 Å². The number of aliphatic hydroxyl groups excluding tert-OH is 1. The molecule has 5 nitrogen and oxygen atoms in total. The van der Waals surface area contributed by atoms with Gasteiger partial charge in [-0.3, -0.25) is 4.98 Å². The van der Waals surface area contributed by atoms with Gasteiger partial charge in [-0.15, -0.1) is 0 Å². The molecule has 0 bridgehead atoms. The van der Waals surface area contributed by atoms with E-state index >= 15 is 0 Å². The van der Waals surface area contributed by atoms with Gasteiger partial charge in [0.05, 0.1) is 12.6 Å². The number of aromatic amines is 1. The number of hydrogen-bond acceptors (Lipinski definition) is 4. The predicted octanol–water partition coefficient (Wildman–Crippen LogP) is 0.240. The fourth-order valence-corrected chi connectivity index (χ4v) is 1.15. The molecule has 0 aliphatic rings. The van der Waals surface area contributed by atoms with Gasteiger partial charge in [0.1, 0.15) is 11.0 Å². The van der Waals surface area contributed by atoms with Crippen molar-refractivity contribution in [3.63, 3.8) is 0 Å². The second-order valence-corrected chi connectivity index (χ2v) is 3.42. The van der Waals surface area contributed by atoms with E-state index in [2.05, 4.69) is 9.97 Å². The second kappa shape index (κ2) is 4.43. The van der Waals surface area contributed by atoms with Crippen molar-refractivity contribution in [3.8, 4) is 0 Å². The molecule has 1 heterocycles. The lowest BCUT2D eigenvalue weighted by Crippen LogP contribution is -2.33. The van der Waals surface area contributed by atoms with Crippen molar-refractivity contribution < 1.29 is 5.11 Å². The number of aliphatic hydroxyl groups is 1.